The number of nitrogens with one attached hydrogen (secondary N) is 2. The van der Waals surface area contributed by atoms with Crippen LogP contribution in [0.25, 0.3) is 0 Å². The molecule has 8 nitrogen and oxygen atoms in total. The summed E-state index contributed by atoms with van der Waals surface area (Å²) in [4.78, 5) is 22.2. The largest absolute Gasteiger partial charge is 0.480 e. The van der Waals surface area contributed by atoms with Crippen molar-refractivity contribution in [2.45, 2.75) is 20.0 Å². The number of benzene rings is 1. The van der Waals surface area contributed by atoms with Crippen LogP contribution in [0.1, 0.15) is 11.3 Å². The van der Waals surface area contributed by atoms with Crippen LogP contribution in [-0.4, -0.2) is 32.1 Å². The van der Waals surface area contributed by atoms with E-state index in [2.05, 4.69) is 20.9 Å². The molecule has 3 N–H and O–H groups in total. The van der Waals surface area contributed by atoms with Crippen molar-refractivity contribution >= 4 is 17.7 Å². The van der Waals surface area contributed by atoms with Crippen LogP contribution in [-0.2, 0) is 17.9 Å². The Balaban J connectivity index is 1.82. The number of aromatic nitrogens is 3. The van der Waals surface area contributed by atoms with Crippen molar-refractivity contribution in [3.63, 3.8) is 0 Å². The second kappa shape index (κ2) is 6.51. The number of carboxylic acids is 1. The maximum Gasteiger partial charge on any atom is 0.325 e. The zero-order valence-electron chi connectivity index (χ0n) is 11.4. The van der Waals surface area contributed by atoms with E-state index in [1.165, 1.54) is 10.9 Å². The van der Waals surface area contributed by atoms with Gasteiger partial charge in [0, 0.05) is 5.69 Å². The maximum atomic E-state index is 11.7. The van der Waals surface area contributed by atoms with E-state index in [0.717, 1.165) is 5.56 Å². The van der Waals surface area contributed by atoms with Crippen LogP contribution >= 0.6 is 0 Å². The van der Waals surface area contributed by atoms with Gasteiger partial charge in [-0.25, -0.2) is 9.48 Å². The number of nitrogens with zero attached hydrogens (tertiary/aromatic N) is 3. The highest BCUT2D eigenvalue weighted by Crippen LogP contribution is 2.08. The summed E-state index contributed by atoms with van der Waals surface area (Å²) in [5.74, 6) is -1.00. The lowest BCUT2D eigenvalue weighted by atomic mass is 10.2. The Morgan fingerprint density at radius 2 is 2.00 bits per heavy atom. The van der Waals surface area contributed by atoms with Crippen molar-refractivity contribution < 1.29 is 14.7 Å². The van der Waals surface area contributed by atoms with Gasteiger partial charge in [-0.05, 0) is 19.1 Å². The first-order chi connectivity index (χ1) is 10.0. The summed E-state index contributed by atoms with van der Waals surface area (Å²) >= 11 is 0. The Labute approximate surface area is 120 Å². The molecule has 2 aromatic rings. The van der Waals surface area contributed by atoms with Crippen LogP contribution in [0.2, 0.25) is 0 Å². The molecular formula is C13H15N5O3. The predicted molar refractivity (Wildman–Crippen MR) is 74.7 cm³/mol. The van der Waals surface area contributed by atoms with Crippen LogP contribution in [0, 0.1) is 6.92 Å². The number of anilines is 1. The average molecular weight is 289 g/mol. The third-order valence-corrected chi connectivity index (χ3v) is 2.62. The molecule has 0 saturated heterocycles. The number of aryl methyl sites for hydroxylation is 1. The van der Waals surface area contributed by atoms with E-state index in [9.17, 15) is 9.59 Å². The molecule has 0 atom stereocenters. The normalized spacial score (nSPS) is 10.1. The Kier molecular flexibility index (Phi) is 4.50. The third-order valence-electron chi connectivity index (χ3n) is 2.62. The molecule has 1 heterocycles. The highest BCUT2D eigenvalue weighted by atomic mass is 16.4. The predicted octanol–water partition coefficient (Wildman–Crippen LogP) is 0.993. The fraction of sp³-hybridized carbons (Fsp3) is 0.231. The monoisotopic (exact) mass is 289 g/mol. The van der Waals surface area contributed by atoms with Gasteiger partial charge in [0.05, 0.1) is 12.7 Å². The lowest BCUT2D eigenvalue weighted by molar-refractivity contribution is -0.137. The first-order valence-electron chi connectivity index (χ1n) is 6.25. The number of rotatable bonds is 5. The molecule has 2 amide bonds. The summed E-state index contributed by atoms with van der Waals surface area (Å²) in [7, 11) is 0. The number of urea groups is 1. The average Bonchev–Trinajstić information content (AvgIpc) is 2.86. The number of carbonyl (C=O) groups is 2. The van der Waals surface area contributed by atoms with Crippen LogP contribution in [0.3, 0.4) is 0 Å². The van der Waals surface area contributed by atoms with Gasteiger partial charge in [-0.3, -0.25) is 4.79 Å². The van der Waals surface area contributed by atoms with Crippen molar-refractivity contribution in [2.24, 2.45) is 0 Å². The van der Waals surface area contributed by atoms with E-state index in [4.69, 9.17) is 5.11 Å². The lowest BCUT2D eigenvalue weighted by Crippen LogP contribution is -2.28. The molecule has 0 aliphatic heterocycles. The summed E-state index contributed by atoms with van der Waals surface area (Å²) < 4.78 is 1.19. The molecule has 0 unspecified atom stereocenters. The van der Waals surface area contributed by atoms with Gasteiger partial charge in [-0.2, -0.15) is 0 Å². The Bertz CT molecular complexity index is 636. The summed E-state index contributed by atoms with van der Waals surface area (Å²) in [5, 5.41) is 21.3. The topological polar surface area (TPSA) is 109 Å². The van der Waals surface area contributed by atoms with E-state index in [0.29, 0.717) is 11.4 Å². The quantitative estimate of drug-likeness (QED) is 0.760. The molecule has 0 aliphatic rings. The SMILES string of the molecule is Cc1ccc(NC(=O)NCc2cn(CC(=O)O)nn2)cc1. The molecule has 1 aromatic heterocycles. The minimum Gasteiger partial charge on any atom is -0.480 e. The number of aliphatic carboxylic acids is 1. The van der Waals surface area contributed by atoms with E-state index in [1.807, 2.05) is 19.1 Å². The fourth-order valence-electron chi connectivity index (χ4n) is 1.62. The van der Waals surface area contributed by atoms with Crippen LogP contribution in [0.5, 0.6) is 0 Å². The molecular weight excluding hydrogens is 274 g/mol. The summed E-state index contributed by atoms with van der Waals surface area (Å²) in [6.07, 6.45) is 1.47. The molecule has 1 aromatic carbocycles. The van der Waals surface area contributed by atoms with E-state index < -0.39 is 5.97 Å². The van der Waals surface area contributed by atoms with Gasteiger partial charge in [-0.15, -0.1) is 5.10 Å². The molecule has 0 saturated carbocycles. The van der Waals surface area contributed by atoms with Crippen molar-refractivity contribution in [1.29, 1.82) is 0 Å². The van der Waals surface area contributed by atoms with Crippen LogP contribution < -0.4 is 10.6 Å². The molecule has 0 spiro atoms. The van der Waals surface area contributed by atoms with Gasteiger partial charge in [-0.1, -0.05) is 22.9 Å². The minimum atomic E-state index is -1.00. The molecule has 0 aliphatic carbocycles. The Hall–Kier alpha value is -2.90. The molecule has 110 valence electrons. The van der Waals surface area contributed by atoms with Gasteiger partial charge >= 0.3 is 12.0 Å². The van der Waals surface area contributed by atoms with E-state index in [-0.39, 0.29) is 19.1 Å². The maximum absolute atomic E-state index is 11.7. The molecule has 2 rings (SSSR count). The van der Waals surface area contributed by atoms with Crippen LogP contribution in [0.4, 0.5) is 10.5 Å². The number of carboxylic acid groups (broad SMARTS) is 1. The third kappa shape index (κ3) is 4.60. The number of carbonyl (C=O) groups excluding carboxylic acids is 1. The summed E-state index contributed by atoms with van der Waals surface area (Å²) in [6.45, 7) is 1.87. The standard InChI is InChI=1S/C13H15N5O3/c1-9-2-4-10(5-3-9)15-13(21)14-6-11-7-18(17-16-11)8-12(19)20/h2-5,7H,6,8H2,1H3,(H,19,20)(H2,14,15,21). The Morgan fingerprint density at radius 3 is 2.67 bits per heavy atom. The van der Waals surface area contributed by atoms with Gasteiger partial charge < -0.3 is 15.7 Å². The van der Waals surface area contributed by atoms with E-state index >= 15 is 0 Å². The summed E-state index contributed by atoms with van der Waals surface area (Å²) in [5.41, 5.74) is 2.28. The molecule has 0 bridgehead atoms. The zero-order valence-corrected chi connectivity index (χ0v) is 11.4. The number of hydrogen-bond donors (Lipinski definition) is 3. The van der Waals surface area contributed by atoms with Crippen molar-refractivity contribution in [1.82, 2.24) is 20.3 Å². The van der Waals surface area contributed by atoms with Gasteiger partial charge in [0.2, 0.25) is 0 Å². The fourth-order valence-corrected chi connectivity index (χ4v) is 1.62. The second-order valence-corrected chi connectivity index (χ2v) is 4.47. The van der Waals surface area contributed by atoms with Crippen molar-refractivity contribution in [3.05, 3.63) is 41.7 Å². The highest BCUT2D eigenvalue weighted by molar-refractivity contribution is 5.89. The summed E-state index contributed by atoms with van der Waals surface area (Å²) in [6, 6.07) is 7.03. The van der Waals surface area contributed by atoms with Crippen molar-refractivity contribution in [2.75, 3.05) is 5.32 Å². The molecule has 0 fully saturated rings. The van der Waals surface area contributed by atoms with Crippen molar-refractivity contribution in [3.8, 4) is 0 Å². The lowest BCUT2D eigenvalue weighted by Gasteiger charge is -2.06. The van der Waals surface area contributed by atoms with E-state index in [1.54, 1.807) is 12.1 Å². The minimum absolute atomic E-state index is 0.164. The molecule has 21 heavy (non-hydrogen) atoms. The Morgan fingerprint density at radius 1 is 1.29 bits per heavy atom. The molecule has 0 radical (unpaired) electrons. The highest BCUT2D eigenvalue weighted by Gasteiger charge is 2.06. The second-order valence-electron chi connectivity index (χ2n) is 4.47. The smallest absolute Gasteiger partial charge is 0.325 e. The van der Waals surface area contributed by atoms with Gasteiger partial charge in [0.15, 0.2) is 0 Å². The van der Waals surface area contributed by atoms with Gasteiger partial charge in [0.25, 0.3) is 0 Å². The first-order valence-corrected chi connectivity index (χ1v) is 6.25. The molecule has 8 heteroatoms. The zero-order chi connectivity index (χ0) is 15.2. The van der Waals surface area contributed by atoms with Crippen LogP contribution in [0.15, 0.2) is 30.5 Å². The first kappa shape index (κ1) is 14.5. The number of hydrogen-bond acceptors (Lipinski definition) is 4. The number of amides is 2. The van der Waals surface area contributed by atoms with Gasteiger partial charge in [0.1, 0.15) is 12.2 Å².